The molecule has 1 saturated carbocycles. The first-order valence-corrected chi connectivity index (χ1v) is 8.40. The number of amides is 1. The first-order valence-electron chi connectivity index (χ1n) is 8.40. The van der Waals surface area contributed by atoms with E-state index < -0.39 is 0 Å². The minimum atomic E-state index is 0.239. The van der Waals surface area contributed by atoms with Gasteiger partial charge in [0, 0.05) is 31.6 Å². The summed E-state index contributed by atoms with van der Waals surface area (Å²) in [5.41, 5.74) is 1.69. The number of likely N-dealkylation sites (tertiary alicyclic amines) is 1. The molecule has 0 aromatic carbocycles. The minimum Gasteiger partial charge on any atom is -0.364 e. The topological polar surface area (TPSA) is 75.9 Å². The van der Waals surface area contributed by atoms with Crippen LogP contribution in [0.25, 0.3) is 11.2 Å². The van der Waals surface area contributed by atoms with Crippen molar-refractivity contribution in [3.63, 3.8) is 0 Å². The first-order chi connectivity index (χ1) is 11.2. The van der Waals surface area contributed by atoms with E-state index in [9.17, 15) is 4.79 Å². The molecule has 7 heteroatoms. The Morgan fingerprint density at radius 3 is 2.91 bits per heavy atom. The van der Waals surface area contributed by atoms with E-state index in [2.05, 4.69) is 31.8 Å². The van der Waals surface area contributed by atoms with Gasteiger partial charge in [0.1, 0.15) is 12.2 Å². The number of aromatic nitrogens is 4. The molecule has 23 heavy (non-hydrogen) atoms. The summed E-state index contributed by atoms with van der Waals surface area (Å²) in [6.07, 6.45) is 4.67. The molecule has 0 radical (unpaired) electrons. The molecule has 1 amide bonds. The van der Waals surface area contributed by atoms with Crippen LogP contribution in [0.3, 0.4) is 0 Å². The standard InChI is InChI=1S/C16H22N6O/c1-3-22-10(2)19-13-14(17-9-18-15(13)22)20-12-6-7-21(8-12)16(23)11-4-5-11/h9,11-12H,3-8H2,1-2H3,(H,17,18,20)/t12-/m0/s1. The fourth-order valence-corrected chi connectivity index (χ4v) is 3.39. The van der Waals surface area contributed by atoms with Gasteiger partial charge in [-0.1, -0.05) is 0 Å². The number of hydrogen-bond acceptors (Lipinski definition) is 5. The maximum absolute atomic E-state index is 12.2. The fourth-order valence-electron chi connectivity index (χ4n) is 3.39. The number of aryl methyl sites for hydroxylation is 2. The van der Waals surface area contributed by atoms with Crippen LogP contribution in [0, 0.1) is 12.8 Å². The molecule has 1 saturated heterocycles. The normalized spacial score (nSPS) is 21.1. The molecule has 7 nitrogen and oxygen atoms in total. The Balaban J connectivity index is 1.53. The van der Waals surface area contributed by atoms with E-state index in [0.717, 1.165) is 61.7 Å². The summed E-state index contributed by atoms with van der Waals surface area (Å²) in [7, 11) is 0. The molecule has 2 aromatic heterocycles. The van der Waals surface area contributed by atoms with Crippen molar-refractivity contribution < 1.29 is 4.79 Å². The van der Waals surface area contributed by atoms with E-state index >= 15 is 0 Å². The van der Waals surface area contributed by atoms with Gasteiger partial charge in [-0.05, 0) is 33.1 Å². The van der Waals surface area contributed by atoms with Crippen molar-refractivity contribution in [2.45, 2.75) is 45.7 Å². The Kier molecular flexibility index (Phi) is 3.43. The first kappa shape index (κ1) is 14.4. The molecular formula is C16H22N6O. The van der Waals surface area contributed by atoms with Crippen LogP contribution < -0.4 is 5.32 Å². The van der Waals surface area contributed by atoms with Crippen molar-refractivity contribution in [3.8, 4) is 0 Å². The number of carbonyl (C=O) groups excluding carboxylic acids is 1. The van der Waals surface area contributed by atoms with Crippen LogP contribution in [-0.2, 0) is 11.3 Å². The molecule has 1 aliphatic heterocycles. The number of nitrogens with zero attached hydrogens (tertiary/aromatic N) is 5. The fraction of sp³-hybridized carbons (Fsp3) is 0.625. The second-order valence-corrected chi connectivity index (χ2v) is 6.49. The van der Waals surface area contributed by atoms with Crippen LogP contribution in [0.2, 0.25) is 0 Å². The van der Waals surface area contributed by atoms with Crippen LogP contribution in [0.15, 0.2) is 6.33 Å². The molecule has 4 rings (SSSR count). The highest BCUT2D eigenvalue weighted by atomic mass is 16.2. The van der Waals surface area contributed by atoms with Gasteiger partial charge in [-0.15, -0.1) is 0 Å². The number of rotatable bonds is 4. The summed E-state index contributed by atoms with van der Waals surface area (Å²) < 4.78 is 2.08. The van der Waals surface area contributed by atoms with Crippen molar-refractivity contribution in [1.82, 2.24) is 24.4 Å². The highest BCUT2D eigenvalue weighted by Crippen LogP contribution is 2.32. The third kappa shape index (κ3) is 2.54. The maximum Gasteiger partial charge on any atom is 0.225 e. The Morgan fingerprint density at radius 2 is 2.17 bits per heavy atom. The van der Waals surface area contributed by atoms with Crippen molar-refractivity contribution in [3.05, 3.63) is 12.2 Å². The molecule has 1 aliphatic carbocycles. The molecule has 122 valence electrons. The predicted octanol–water partition coefficient (Wildman–Crippen LogP) is 1.58. The summed E-state index contributed by atoms with van der Waals surface area (Å²) in [5.74, 6) is 2.34. The lowest BCUT2D eigenvalue weighted by molar-refractivity contribution is -0.131. The Labute approximate surface area is 135 Å². The molecule has 2 aromatic rings. The zero-order valence-corrected chi connectivity index (χ0v) is 13.6. The van der Waals surface area contributed by atoms with Gasteiger partial charge >= 0.3 is 0 Å². The molecule has 0 bridgehead atoms. The highest BCUT2D eigenvalue weighted by molar-refractivity contribution is 5.84. The quantitative estimate of drug-likeness (QED) is 0.927. The number of hydrogen-bond donors (Lipinski definition) is 1. The number of imidazole rings is 1. The van der Waals surface area contributed by atoms with Gasteiger partial charge in [0.25, 0.3) is 0 Å². The summed E-state index contributed by atoms with van der Waals surface area (Å²) in [6.45, 7) is 6.51. The van der Waals surface area contributed by atoms with Gasteiger partial charge in [-0.2, -0.15) is 0 Å². The van der Waals surface area contributed by atoms with E-state index in [1.807, 2.05) is 11.8 Å². The van der Waals surface area contributed by atoms with Gasteiger partial charge < -0.3 is 14.8 Å². The average molecular weight is 314 g/mol. The smallest absolute Gasteiger partial charge is 0.225 e. The summed E-state index contributed by atoms with van der Waals surface area (Å²) in [6, 6.07) is 0.239. The summed E-state index contributed by atoms with van der Waals surface area (Å²) >= 11 is 0. The van der Waals surface area contributed by atoms with Crippen molar-refractivity contribution in [2.75, 3.05) is 18.4 Å². The highest BCUT2D eigenvalue weighted by Gasteiger charge is 2.36. The van der Waals surface area contributed by atoms with Crippen LogP contribution in [0.5, 0.6) is 0 Å². The van der Waals surface area contributed by atoms with Crippen molar-refractivity contribution in [2.24, 2.45) is 5.92 Å². The lowest BCUT2D eigenvalue weighted by atomic mass is 10.2. The number of anilines is 1. The zero-order valence-electron chi connectivity index (χ0n) is 13.6. The van der Waals surface area contributed by atoms with E-state index in [1.54, 1.807) is 6.33 Å². The molecule has 0 spiro atoms. The van der Waals surface area contributed by atoms with E-state index in [1.165, 1.54) is 0 Å². The van der Waals surface area contributed by atoms with Crippen LogP contribution in [0.1, 0.15) is 32.0 Å². The average Bonchev–Trinajstić information content (AvgIpc) is 3.20. The largest absolute Gasteiger partial charge is 0.364 e. The van der Waals surface area contributed by atoms with Gasteiger partial charge in [-0.25, -0.2) is 15.0 Å². The molecular weight excluding hydrogens is 292 g/mol. The van der Waals surface area contributed by atoms with Crippen LogP contribution >= 0.6 is 0 Å². The Hall–Kier alpha value is -2.18. The Morgan fingerprint density at radius 1 is 1.35 bits per heavy atom. The molecule has 3 heterocycles. The predicted molar refractivity (Wildman–Crippen MR) is 87.1 cm³/mol. The van der Waals surface area contributed by atoms with Gasteiger partial charge in [0.15, 0.2) is 17.0 Å². The lowest BCUT2D eigenvalue weighted by Crippen LogP contribution is -2.32. The van der Waals surface area contributed by atoms with E-state index in [-0.39, 0.29) is 6.04 Å². The number of nitrogens with one attached hydrogen (secondary N) is 1. The second-order valence-electron chi connectivity index (χ2n) is 6.49. The van der Waals surface area contributed by atoms with Crippen LogP contribution in [-0.4, -0.2) is 49.5 Å². The SMILES string of the molecule is CCn1c(C)nc2c(N[C@H]3CCN(C(=O)C4CC4)C3)ncnc21. The second kappa shape index (κ2) is 5.47. The molecule has 2 aliphatic rings. The van der Waals surface area contributed by atoms with Crippen molar-refractivity contribution >= 4 is 22.9 Å². The van der Waals surface area contributed by atoms with Gasteiger partial charge in [0.05, 0.1) is 0 Å². The molecule has 2 fully saturated rings. The summed E-state index contributed by atoms with van der Waals surface area (Å²) in [5, 5.41) is 3.47. The number of fused-ring (bicyclic) bond motifs is 1. The lowest BCUT2D eigenvalue weighted by Gasteiger charge is -2.17. The zero-order chi connectivity index (χ0) is 16.0. The molecule has 1 N–H and O–H groups in total. The third-order valence-corrected chi connectivity index (χ3v) is 4.81. The van der Waals surface area contributed by atoms with Gasteiger partial charge in [-0.3, -0.25) is 4.79 Å². The summed E-state index contributed by atoms with van der Waals surface area (Å²) in [4.78, 5) is 27.5. The number of carbonyl (C=O) groups is 1. The monoisotopic (exact) mass is 314 g/mol. The molecule has 1 atom stereocenters. The van der Waals surface area contributed by atoms with Crippen molar-refractivity contribution in [1.29, 1.82) is 0 Å². The molecule has 0 unspecified atom stereocenters. The van der Waals surface area contributed by atoms with Gasteiger partial charge in [0.2, 0.25) is 5.91 Å². The maximum atomic E-state index is 12.2. The van der Waals surface area contributed by atoms with Crippen LogP contribution in [0.4, 0.5) is 5.82 Å². The van der Waals surface area contributed by atoms with E-state index in [0.29, 0.717) is 11.8 Å². The Bertz CT molecular complexity index is 750. The third-order valence-electron chi connectivity index (χ3n) is 4.81. The van der Waals surface area contributed by atoms with E-state index in [4.69, 9.17) is 0 Å². The minimum absolute atomic E-state index is 0.239.